The van der Waals surface area contributed by atoms with Gasteiger partial charge in [-0.15, -0.1) is 0 Å². The zero-order valence-electron chi connectivity index (χ0n) is 15.7. The molecule has 2 aromatic rings. The second-order valence-electron chi connectivity index (χ2n) is 6.84. The van der Waals surface area contributed by atoms with E-state index in [-0.39, 0.29) is 56.2 Å². The van der Waals surface area contributed by atoms with Crippen LogP contribution in [-0.4, -0.2) is 46.5 Å². The van der Waals surface area contributed by atoms with Crippen LogP contribution in [0.15, 0.2) is 0 Å². The maximum Gasteiger partial charge on any atom is 0.262 e. The molecule has 2 heterocycles. The number of nitrogens with zero attached hydrogens (tertiary/aromatic N) is 2. The SMILES string of the molecule is CCN1C(=O)c2c(C)c(C)c3c4c(c(Cl)c(Cl)c(c24)C1=O)C(=O)N(CC)C3=O. The molecule has 0 atom stereocenters. The topological polar surface area (TPSA) is 74.8 Å². The lowest BCUT2D eigenvalue weighted by atomic mass is 9.81. The standard InChI is InChI=1S/C20H16Cl2N2O4/c1-5-23-17(25)9-7(3)8(4)10-12-11(9)13(19(23)27)15(21)16(22)14(12)20(28)24(6-2)18(10)26/h5-6H2,1-4H3. The third kappa shape index (κ3) is 1.99. The highest BCUT2D eigenvalue weighted by molar-refractivity contribution is 6.50. The number of rotatable bonds is 2. The molecule has 0 N–H and O–H groups in total. The maximum atomic E-state index is 13.1. The van der Waals surface area contributed by atoms with Gasteiger partial charge in [0.05, 0.1) is 32.3 Å². The number of carbonyl (C=O) groups is 4. The molecule has 4 rings (SSSR count). The van der Waals surface area contributed by atoms with Crippen molar-refractivity contribution in [3.05, 3.63) is 43.4 Å². The Morgan fingerprint density at radius 1 is 0.607 bits per heavy atom. The molecule has 28 heavy (non-hydrogen) atoms. The number of hydrogen-bond acceptors (Lipinski definition) is 4. The van der Waals surface area contributed by atoms with Crippen molar-refractivity contribution < 1.29 is 19.2 Å². The van der Waals surface area contributed by atoms with Crippen molar-refractivity contribution in [1.82, 2.24) is 9.80 Å². The zero-order valence-corrected chi connectivity index (χ0v) is 17.2. The molecule has 0 spiro atoms. The van der Waals surface area contributed by atoms with Crippen molar-refractivity contribution >= 4 is 57.6 Å². The quantitative estimate of drug-likeness (QED) is 0.690. The van der Waals surface area contributed by atoms with E-state index in [0.717, 1.165) is 9.80 Å². The van der Waals surface area contributed by atoms with Crippen LogP contribution in [0.1, 0.15) is 66.4 Å². The molecule has 2 aliphatic rings. The number of carbonyl (C=O) groups excluding carboxylic acids is 4. The van der Waals surface area contributed by atoms with Crippen LogP contribution < -0.4 is 0 Å². The highest BCUT2D eigenvalue weighted by Gasteiger charge is 2.44. The zero-order chi connectivity index (χ0) is 20.7. The van der Waals surface area contributed by atoms with E-state index in [0.29, 0.717) is 11.1 Å². The van der Waals surface area contributed by atoms with E-state index in [1.165, 1.54) is 0 Å². The summed E-state index contributed by atoms with van der Waals surface area (Å²) in [7, 11) is 0. The normalized spacial score (nSPS) is 15.9. The molecule has 0 aromatic heterocycles. The first-order valence-electron chi connectivity index (χ1n) is 8.89. The second-order valence-corrected chi connectivity index (χ2v) is 7.59. The minimum absolute atomic E-state index is 0.0664. The fourth-order valence-electron chi connectivity index (χ4n) is 4.17. The maximum absolute atomic E-state index is 13.1. The molecule has 0 saturated carbocycles. The van der Waals surface area contributed by atoms with Gasteiger partial charge in [-0.1, -0.05) is 23.2 Å². The van der Waals surface area contributed by atoms with Crippen LogP contribution in [0, 0.1) is 13.8 Å². The summed E-state index contributed by atoms with van der Waals surface area (Å²) in [4.78, 5) is 54.4. The lowest BCUT2D eigenvalue weighted by Gasteiger charge is -2.34. The molecular weight excluding hydrogens is 403 g/mol. The van der Waals surface area contributed by atoms with Crippen molar-refractivity contribution in [3.63, 3.8) is 0 Å². The van der Waals surface area contributed by atoms with E-state index in [1.807, 2.05) is 0 Å². The Bertz CT molecular complexity index is 996. The van der Waals surface area contributed by atoms with Gasteiger partial charge in [0.2, 0.25) is 0 Å². The summed E-state index contributed by atoms with van der Waals surface area (Å²) in [6.07, 6.45) is 0. The smallest absolute Gasteiger partial charge is 0.262 e. The van der Waals surface area contributed by atoms with Gasteiger partial charge in [-0.3, -0.25) is 29.0 Å². The minimum Gasteiger partial charge on any atom is -0.275 e. The Labute approximate surface area is 171 Å². The first-order valence-corrected chi connectivity index (χ1v) is 9.64. The molecule has 2 aliphatic heterocycles. The van der Waals surface area contributed by atoms with Crippen LogP contribution in [0.2, 0.25) is 10.0 Å². The van der Waals surface area contributed by atoms with Crippen molar-refractivity contribution in [2.24, 2.45) is 0 Å². The van der Waals surface area contributed by atoms with Gasteiger partial charge < -0.3 is 0 Å². The van der Waals surface area contributed by atoms with Gasteiger partial charge in [0.15, 0.2) is 0 Å². The van der Waals surface area contributed by atoms with Gasteiger partial charge >= 0.3 is 0 Å². The molecule has 4 amide bonds. The molecule has 0 aliphatic carbocycles. The van der Waals surface area contributed by atoms with Gasteiger partial charge in [-0.2, -0.15) is 0 Å². The van der Waals surface area contributed by atoms with Crippen molar-refractivity contribution in [2.75, 3.05) is 13.1 Å². The molecule has 2 aromatic carbocycles. The lowest BCUT2D eigenvalue weighted by Crippen LogP contribution is -2.44. The Kier molecular flexibility index (Phi) is 4.07. The Balaban J connectivity index is 2.35. The van der Waals surface area contributed by atoms with E-state index in [2.05, 4.69) is 0 Å². The van der Waals surface area contributed by atoms with Gasteiger partial charge in [-0.25, -0.2) is 0 Å². The molecule has 0 bridgehead atoms. The van der Waals surface area contributed by atoms with Crippen molar-refractivity contribution in [3.8, 4) is 0 Å². The summed E-state index contributed by atoms with van der Waals surface area (Å²) in [6.45, 7) is 7.16. The number of amides is 4. The third-order valence-electron chi connectivity index (χ3n) is 5.66. The van der Waals surface area contributed by atoms with Crippen LogP contribution in [0.5, 0.6) is 0 Å². The second kappa shape index (κ2) is 6.03. The highest BCUT2D eigenvalue weighted by Crippen LogP contribution is 2.47. The molecule has 0 fully saturated rings. The number of benzene rings is 2. The largest absolute Gasteiger partial charge is 0.275 e. The molecule has 0 radical (unpaired) electrons. The fraction of sp³-hybridized carbons (Fsp3) is 0.300. The van der Waals surface area contributed by atoms with Crippen LogP contribution in [-0.2, 0) is 0 Å². The van der Waals surface area contributed by atoms with Crippen LogP contribution >= 0.6 is 23.2 Å². The van der Waals surface area contributed by atoms with Crippen LogP contribution in [0.4, 0.5) is 0 Å². The first-order chi connectivity index (χ1) is 13.2. The summed E-state index contributed by atoms with van der Waals surface area (Å²) in [5.74, 6) is -2.08. The van der Waals surface area contributed by atoms with Crippen LogP contribution in [0.3, 0.4) is 0 Å². The predicted octanol–water partition coefficient (Wildman–Crippen LogP) is 4.00. The third-order valence-corrected chi connectivity index (χ3v) is 6.52. The number of halogens is 2. The van der Waals surface area contributed by atoms with Crippen molar-refractivity contribution in [1.29, 1.82) is 0 Å². The van der Waals surface area contributed by atoms with Gasteiger partial charge in [0.25, 0.3) is 23.6 Å². The Hall–Kier alpha value is -2.44. The molecular formula is C20H16Cl2N2O4. The van der Waals surface area contributed by atoms with Crippen molar-refractivity contribution in [2.45, 2.75) is 27.7 Å². The highest BCUT2D eigenvalue weighted by atomic mass is 35.5. The van der Waals surface area contributed by atoms with Gasteiger partial charge in [0.1, 0.15) is 0 Å². The van der Waals surface area contributed by atoms with E-state index in [4.69, 9.17) is 23.2 Å². The number of imide groups is 2. The molecule has 8 heteroatoms. The Morgan fingerprint density at radius 3 is 1.18 bits per heavy atom. The van der Waals surface area contributed by atoms with Gasteiger partial charge in [-0.05, 0) is 38.8 Å². The predicted molar refractivity (Wildman–Crippen MR) is 106 cm³/mol. The number of hydrogen-bond donors (Lipinski definition) is 0. The van der Waals surface area contributed by atoms with E-state index >= 15 is 0 Å². The molecule has 6 nitrogen and oxygen atoms in total. The summed E-state index contributed by atoms with van der Waals surface area (Å²) in [5, 5.41) is 0.350. The average Bonchev–Trinajstić information content (AvgIpc) is 2.64. The van der Waals surface area contributed by atoms with Gasteiger partial charge in [0, 0.05) is 23.9 Å². The summed E-state index contributed by atoms with van der Waals surface area (Å²) >= 11 is 12.9. The molecule has 0 unspecified atom stereocenters. The summed E-state index contributed by atoms with van der Waals surface area (Å²) in [5.41, 5.74) is 1.88. The summed E-state index contributed by atoms with van der Waals surface area (Å²) in [6, 6.07) is 0. The first kappa shape index (κ1) is 18.9. The minimum atomic E-state index is -0.578. The van der Waals surface area contributed by atoms with E-state index in [1.54, 1.807) is 27.7 Å². The fourth-order valence-corrected chi connectivity index (χ4v) is 4.71. The van der Waals surface area contributed by atoms with Crippen LogP contribution in [0.25, 0.3) is 10.8 Å². The molecule has 0 saturated heterocycles. The monoisotopic (exact) mass is 418 g/mol. The molecule has 144 valence electrons. The van der Waals surface area contributed by atoms with E-state index in [9.17, 15) is 19.2 Å². The average molecular weight is 419 g/mol. The van der Waals surface area contributed by atoms with E-state index < -0.39 is 23.6 Å². The Morgan fingerprint density at radius 2 is 0.893 bits per heavy atom. The lowest BCUT2D eigenvalue weighted by molar-refractivity contribution is 0.0596. The summed E-state index contributed by atoms with van der Waals surface area (Å²) < 4.78 is 0.